The molecule has 0 fully saturated rings. The fourth-order valence-corrected chi connectivity index (χ4v) is 3.79. The number of hydrogen-bond donors (Lipinski definition) is 2. The largest absolute Gasteiger partial charge is 0.489 e. The minimum Gasteiger partial charge on any atom is -0.489 e. The maximum Gasteiger partial charge on any atom is 0.262 e. The molecule has 0 aromatic heterocycles. The lowest BCUT2D eigenvalue weighted by Crippen LogP contribution is -2.22. The number of rotatable bonds is 9. The number of carbonyl (C=O) groups excluding carboxylic acids is 1. The molecule has 31 heavy (non-hydrogen) atoms. The first-order valence-electron chi connectivity index (χ1n) is 9.61. The molecule has 0 bridgehead atoms. The van der Waals surface area contributed by atoms with E-state index in [1.165, 1.54) is 13.1 Å². The fourth-order valence-electron chi connectivity index (χ4n) is 2.80. The molecular formula is C23H24N2O5S. The Bertz CT molecular complexity index is 1130. The predicted octanol–water partition coefficient (Wildman–Crippen LogP) is 3.50. The van der Waals surface area contributed by atoms with Gasteiger partial charge in [-0.3, -0.25) is 4.79 Å². The van der Waals surface area contributed by atoms with Crippen molar-refractivity contribution in [3.05, 3.63) is 83.9 Å². The summed E-state index contributed by atoms with van der Waals surface area (Å²) in [5.41, 5.74) is 2.03. The van der Waals surface area contributed by atoms with E-state index in [1.807, 2.05) is 30.3 Å². The molecule has 3 aromatic carbocycles. The lowest BCUT2D eigenvalue weighted by Gasteiger charge is -2.11. The lowest BCUT2D eigenvalue weighted by molar-refractivity contribution is -0.118. The number of anilines is 1. The number of ether oxygens (including phenoxy) is 2. The minimum absolute atomic E-state index is 0.111. The van der Waals surface area contributed by atoms with Gasteiger partial charge >= 0.3 is 0 Å². The van der Waals surface area contributed by atoms with Crippen LogP contribution in [0.3, 0.4) is 0 Å². The van der Waals surface area contributed by atoms with Crippen molar-refractivity contribution in [3.63, 3.8) is 0 Å². The maximum atomic E-state index is 12.2. The summed E-state index contributed by atoms with van der Waals surface area (Å²) < 4.78 is 37.6. The topological polar surface area (TPSA) is 93.7 Å². The summed E-state index contributed by atoms with van der Waals surface area (Å²) in [5.74, 6) is 0.809. The number of hydrogen-bond acceptors (Lipinski definition) is 5. The van der Waals surface area contributed by atoms with Gasteiger partial charge in [-0.2, -0.15) is 0 Å². The molecular weight excluding hydrogens is 416 g/mol. The molecule has 0 aliphatic heterocycles. The summed E-state index contributed by atoms with van der Waals surface area (Å²) in [4.78, 5) is 12.3. The standard InChI is InChI=1S/C23H24N2O5S/c1-17-8-9-19(14-22(17)31(27,28)24-2)25-23(26)16-30-21-12-10-20(11-13-21)29-15-18-6-4-3-5-7-18/h3-14,24H,15-16H2,1-2H3,(H,25,26). The Morgan fingerprint density at radius 2 is 1.55 bits per heavy atom. The number of aryl methyl sites for hydroxylation is 1. The first kappa shape index (κ1) is 22.3. The van der Waals surface area contributed by atoms with Crippen molar-refractivity contribution in [2.45, 2.75) is 18.4 Å². The fraction of sp³-hybridized carbons (Fsp3) is 0.174. The van der Waals surface area contributed by atoms with Gasteiger partial charge in [-0.15, -0.1) is 0 Å². The minimum atomic E-state index is -3.61. The third-order valence-electron chi connectivity index (χ3n) is 4.47. The molecule has 0 aliphatic rings. The Morgan fingerprint density at radius 1 is 0.903 bits per heavy atom. The van der Waals surface area contributed by atoms with Crippen LogP contribution in [0.15, 0.2) is 77.7 Å². The summed E-state index contributed by atoms with van der Waals surface area (Å²) in [5, 5.41) is 2.64. The van der Waals surface area contributed by atoms with Crippen LogP contribution in [-0.2, 0) is 21.4 Å². The van der Waals surface area contributed by atoms with Gasteiger partial charge in [0, 0.05) is 5.69 Å². The number of sulfonamides is 1. The summed E-state index contributed by atoms with van der Waals surface area (Å²) in [7, 11) is -2.27. The molecule has 0 aliphatic carbocycles. The van der Waals surface area contributed by atoms with E-state index >= 15 is 0 Å². The van der Waals surface area contributed by atoms with Gasteiger partial charge in [0.05, 0.1) is 4.90 Å². The highest BCUT2D eigenvalue weighted by atomic mass is 32.2. The third kappa shape index (κ3) is 6.31. The first-order valence-corrected chi connectivity index (χ1v) is 11.1. The van der Waals surface area contributed by atoms with Crippen LogP contribution in [0.5, 0.6) is 11.5 Å². The van der Waals surface area contributed by atoms with E-state index in [9.17, 15) is 13.2 Å². The Labute approximate surface area is 182 Å². The van der Waals surface area contributed by atoms with Crippen LogP contribution in [0.25, 0.3) is 0 Å². The number of nitrogens with one attached hydrogen (secondary N) is 2. The van der Waals surface area contributed by atoms with Crippen molar-refractivity contribution in [1.82, 2.24) is 4.72 Å². The van der Waals surface area contributed by atoms with Crippen LogP contribution in [0.2, 0.25) is 0 Å². The maximum absolute atomic E-state index is 12.2. The molecule has 162 valence electrons. The van der Waals surface area contributed by atoms with Gasteiger partial charge in [-0.1, -0.05) is 36.4 Å². The van der Waals surface area contributed by atoms with E-state index in [-0.39, 0.29) is 11.5 Å². The summed E-state index contributed by atoms with van der Waals surface area (Å²) in [6.45, 7) is 1.93. The second-order valence-electron chi connectivity index (χ2n) is 6.77. The quantitative estimate of drug-likeness (QED) is 0.531. The molecule has 8 heteroatoms. The zero-order chi connectivity index (χ0) is 22.3. The molecule has 0 spiro atoms. The highest BCUT2D eigenvalue weighted by Crippen LogP contribution is 2.21. The second-order valence-corrected chi connectivity index (χ2v) is 8.63. The first-order chi connectivity index (χ1) is 14.9. The Balaban J connectivity index is 1.52. The van der Waals surface area contributed by atoms with Crippen LogP contribution >= 0.6 is 0 Å². The van der Waals surface area contributed by atoms with E-state index in [4.69, 9.17) is 9.47 Å². The summed E-state index contributed by atoms with van der Waals surface area (Å²) >= 11 is 0. The molecule has 7 nitrogen and oxygen atoms in total. The van der Waals surface area contributed by atoms with Gasteiger partial charge in [-0.25, -0.2) is 13.1 Å². The van der Waals surface area contributed by atoms with Crippen molar-refractivity contribution in [2.75, 3.05) is 19.0 Å². The van der Waals surface area contributed by atoms with Gasteiger partial charge in [0.1, 0.15) is 18.1 Å². The number of amides is 1. The molecule has 3 aromatic rings. The van der Waals surface area contributed by atoms with Crippen LogP contribution in [-0.4, -0.2) is 28.0 Å². The predicted molar refractivity (Wildman–Crippen MR) is 119 cm³/mol. The Kier molecular flexibility index (Phi) is 7.28. The van der Waals surface area contributed by atoms with E-state index in [2.05, 4.69) is 10.0 Å². The van der Waals surface area contributed by atoms with Crippen molar-refractivity contribution in [1.29, 1.82) is 0 Å². The third-order valence-corrected chi connectivity index (χ3v) is 6.03. The van der Waals surface area contributed by atoms with E-state index in [1.54, 1.807) is 43.3 Å². The number of benzene rings is 3. The summed E-state index contributed by atoms with van der Waals surface area (Å²) in [6.07, 6.45) is 0. The van der Waals surface area contributed by atoms with Crippen molar-refractivity contribution in [3.8, 4) is 11.5 Å². The van der Waals surface area contributed by atoms with Crippen LogP contribution < -0.4 is 19.5 Å². The van der Waals surface area contributed by atoms with Crippen LogP contribution in [0.1, 0.15) is 11.1 Å². The molecule has 1 amide bonds. The Morgan fingerprint density at radius 3 is 2.19 bits per heavy atom. The zero-order valence-corrected chi connectivity index (χ0v) is 18.1. The van der Waals surface area contributed by atoms with Gasteiger partial charge in [-0.05, 0) is 61.5 Å². The molecule has 0 saturated heterocycles. The van der Waals surface area contributed by atoms with Crippen molar-refractivity contribution < 1.29 is 22.7 Å². The van der Waals surface area contributed by atoms with Crippen LogP contribution in [0.4, 0.5) is 5.69 Å². The van der Waals surface area contributed by atoms with Crippen LogP contribution in [0, 0.1) is 6.92 Å². The molecule has 0 saturated carbocycles. The average molecular weight is 441 g/mol. The molecule has 2 N–H and O–H groups in total. The molecule has 0 atom stereocenters. The molecule has 3 rings (SSSR count). The zero-order valence-electron chi connectivity index (χ0n) is 17.3. The monoisotopic (exact) mass is 440 g/mol. The number of carbonyl (C=O) groups is 1. The van der Waals surface area contributed by atoms with E-state index in [0.29, 0.717) is 29.4 Å². The molecule has 0 heterocycles. The second kappa shape index (κ2) is 10.1. The average Bonchev–Trinajstić information content (AvgIpc) is 2.79. The van der Waals surface area contributed by atoms with Gasteiger partial charge in [0.25, 0.3) is 5.91 Å². The molecule has 0 radical (unpaired) electrons. The lowest BCUT2D eigenvalue weighted by atomic mass is 10.2. The molecule has 0 unspecified atom stereocenters. The highest BCUT2D eigenvalue weighted by molar-refractivity contribution is 7.89. The van der Waals surface area contributed by atoms with Gasteiger partial charge < -0.3 is 14.8 Å². The highest BCUT2D eigenvalue weighted by Gasteiger charge is 2.16. The normalized spacial score (nSPS) is 11.0. The van der Waals surface area contributed by atoms with Crippen molar-refractivity contribution >= 4 is 21.6 Å². The van der Waals surface area contributed by atoms with Gasteiger partial charge in [0.2, 0.25) is 10.0 Å². The van der Waals surface area contributed by atoms with E-state index in [0.717, 1.165) is 5.56 Å². The van der Waals surface area contributed by atoms with Crippen molar-refractivity contribution in [2.24, 2.45) is 0 Å². The summed E-state index contributed by atoms with van der Waals surface area (Å²) in [6, 6.07) is 21.5. The SMILES string of the molecule is CNS(=O)(=O)c1cc(NC(=O)COc2ccc(OCc3ccccc3)cc2)ccc1C. The van der Waals surface area contributed by atoms with E-state index < -0.39 is 15.9 Å². The Hall–Kier alpha value is -3.36. The smallest absolute Gasteiger partial charge is 0.262 e. The van der Waals surface area contributed by atoms with Gasteiger partial charge in [0.15, 0.2) is 6.61 Å².